The molecule has 0 aliphatic carbocycles. The minimum Gasteiger partial charge on any atom is -0.481 e. The van der Waals surface area contributed by atoms with Crippen molar-refractivity contribution in [3.8, 4) is 11.3 Å². The summed E-state index contributed by atoms with van der Waals surface area (Å²) in [6, 6.07) is 12.1. The van der Waals surface area contributed by atoms with Gasteiger partial charge in [0.15, 0.2) is 0 Å². The zero-order chi connectivity index (χ0) is 28.4. The maximum Gasteiger partial charge on any atom is 0.409 e. The van der Waals surface area contributed by atoms with Gasteiger partial charge >= 0.3 is 12.1 Å². The summed E-state index contributed by atoms with van der Waals surface area (Å²) in [5.74, 6) is -2.02. The fraction of sp³-hybridized carbons (Fsp3) is 0.464. The molecule has 1 aromatic heterocycles. The lowest BCUT2D eigenvalue weighted by molar-refractivity contribution is -0.138. The lowest BCUT2D eigenvalue weighted by atomic mass is 10.1. The number of benzene rings is 1. The van der Waals surface area contributed by atoms with Crippen molar-refractivity contribution < 1.29 is 29.0 Å². The lowest BCUT2D eigenvalue weighted by Crippen LogP contribution is -2.56. The molecule has 2 heterocycles. The molecule has 2 N–H and O–H groups in total. The Balaban J connectivity index is 1.83. The Morgan fingerprint density at radius 2 is 1.64 bits per heavy atom. The molecule has 0 unspecified atom stereocenters. The van der Waals surface area contributed by atoms with Gasteiger partial charge in [0.05, 0.1) is 12.3 Å². The second-order valence-corrected chi connectivity index (χ2v) is 9.10. The van der Waals surface area contributed by atoms with Gasteiger partial charge in [-0.2, -0.15) is 0 Å². The van der Waals surface area contributed by atoms with Crippen molar-refractivity contribution in [3.63, 3.8) is 0 Å². The average molecular weight is 540 g/mol. The number of piperazine rings is 1. The van der Waals surface area contributed by atoms with E-state index in [1.165, 1.54) is 9.80 Å². The Morgan fingerprint density at radius 1 is 1.00 bits per heavy atom. The van der Waals surface area contributed by atoms with E-state index in [1.54, 1.807) is 13.0 Å². The number of ether oxygens (including phenoxy) is 1. The molecule has 1 fully saturated rings. The number of hydrogen-bond donors (Lipinski definition) is 2. The predicted octanol–water partition coefficient (Wildman–Crippen LogP) is 2.86. The molecule has 0 saturated carbocycles. The van der Waals surface area contributed by atoms with Gasteiger partial charge in [0.1, 0.15) is 11.7 Å². The van der Waals surface area contributed by atoms with E-state index in [2.05, 4.69) is 15.2 Å². The molecule has 1 saturated heterocycles. The number of carbonyl (C=O) groups excluding carboxylic acids is 3. The summed E-state index contributed by atoms with van der Waals surface area (Å²) in [5.41, 5.74) is 2.42. The second kappa shape index (κ2) is 14.1. The second-order valence-electron chi connectivity index (χ2n) is 9.10. The first-order chi connectivity index (χ1) is 18.8. The fourth-order valence-electron chi connectivity index (χ4n) is 4.46. The number of pyridine rings is 1. The number of aromatic nitrogens is 1. The quantitative estimate of drug-likeness (QED) is 0.446. The van der Waals surface area contributed by atoms with Crippen LogP contribution in [-0.4, -0.2) is 95.7 Å². The van der Waals surface area contributed by atoms with E-state index in [9.17, 15) is 24.3 Å². The van der Waals surface area contributed by atoms with Gasteiger partial charge in [0.25, 0.3) is 5.91 Å². The zero-order valence-corrected chi connectivity index (χ0v) is 22.8. The van der Waals surface area contributed by atoms with Crippen LogP contribution in [0.1, 0.15) is 44.1 Å². The lowest BCUT2D eigenvalue weighted by Gasteiger charge is -2.36. The molecular weight excluding hydrogens is 502 g/mol. The molecule has 0 radical (unpaired) electrons. The van der Waals surface area contributed by atoms with E-state index < -0.39 is 29.9 Å². The molecule has 210 valence electrons. The molecular formula is C28H37N5O6. The van der Waals surface area contributed by atoms with Gasteiger partial charge in [-0.1, -0.05) is 30.3 Å². The van der Waals surface area contributed by atoms with Crippen molar-refractivity contribution in [3.05, 3.63) is 48.2 Å². The molecule has 39 heavy (non-hydrogen) atoms. The number of nitrogens with one attached hydrogen (secondary N) is 1. The van der Waals surface area contributed by atoms with Crippen molar-refractivity contribution in [1.29, 1.82) is 0 Å². The first-order valence-corrected chi connectivity index (χ1v) is 13.3. The highest BCUT2D eigenvalue weighted by molar-refractivity contribution is 5.97. The van der Waals surface area contributed by atoms with E-state index in [0.29, 0.717) is 5.69 Å². The van der Waals surface area contributed by atoms with Crippen LogP contribution < -0.4 is 10.2 Å². The Kier molecular flexibility index (Phi) is 10.7. The number of carboxylic acids is 1. The maximum atomic E-state index is 13.5. The van der Waals surface area contributed by atoms with E-state index >= 15 is 0 Å². The topological polar surface area (TPSA) is 132 Å². The van der Waals surface area contributed by atoms with Crippen LogP contribution in [0.15, 0.2) is 42.5 Å². The molecule has 11 nitrogen and oxygen atoms in total. The maximum absolute atomic E-state index is 13.5. The third-order valence-electron chi connectivity index (χ3n) is 6.61. The number of hydrogen-bond acceptors (Lipinski definition) is 7. The minimum atomic E-state index is -1.07. The van der Waals surface area contributed by atoms with Crippen LogP contribution in [0.4, 0.5) is 10.5 Å². The monoisotopic (exact) mass is 539 g/mol. The first-order valence-electron chi connectivity index (χ1n) is 13.3. The van der Waals surface area contributed by atoms with Crippen LogP contribution >= 0.6 is 0 Å². The van der Waals surface area contributed by atoms with Gasteiger partial charge in [0.2, 0.25) is 5.91 Å². The molecule has 0 spiro atoms. The summed E-state index contributed by atoms with van der Waals surface area (Å²) in [4.78, 5) is 59.9. The van der Waals surface area contributed by atoms with Gasteiger partial charge in [0, 0.05) is 56.9 Å². The summed E-state index contributed by atoms with van der Waals surface area (Å²) >= 11 is 0. The SMILES string of the molecule is CCOC(=O)N1CCN(C(=O)[C@H](CCC(=O)O)NC(=O)c2cc(N(CC)CC)cc(-c3ccccc3)n2)CC1. The van der Waals surface area contributed by atoms with Crippen LogP contribution in [0.5, 0.6) is 0 Å². The normalized spacial score (nSPS) is 13.9. The van der Waals surface area contributed by atoms with Gasteiger partial charge in [-0.3, -0.25) is 14.4 Å². The van der Waals surface area contributed by atoms with Crippen molar-refractivity contribution in [2.24, 2.45) is 0 Å². The molecule has 2 aromatic rings. The molecule has 3 amide bonds. The Morgan fingerprint density at radius 3 is 2.23 bits per heavy atom. The highest BCUT2D eigenvalue weighted by atomic mass is 16.6. The van der Waals surface area contributed by atoms with Crippen LogP contribution in [0.3, 0.4) is 0 Å². The molecule has 1 aliphatic heterocycles. The number of carboxylic acid groups (broad SMARTS) is 1. The molecule has 11 heteroatoms. The fourth-order valence-corrected chi connectivity index (χ4v) is 4.46. The van der Waals surface area contributed by atoms with E-state index in [-0.39, 0.29) is 51.3 Å². The van der Waals surface area contributed by atoms with Gasteiger partial charge < -0.3 is 29.9 Å². The molecule has 1 aliphatic rings. The van der Waals surface area contributed by atoms with E-state index in [4.69, 9.17) is 4.74 Å². The number of amides is 3. The summed E-state index contributed by atoms with van der Waals surface area (Å²) in [7, 11) is 0. The minimum absolute atomic E-state index is 0.0702. The predicted molar refractivity (Wildman–Crippen MR) is 147 cm³/mol. The van der Waals surface area contributed by atoms with Crippen LogP contribution in [0.25, 0.3) is 11.3 Å². The Hall–Kier alpha value is -4.15. The number of nitrogens with zero attached hydrogens (tertiary/aromatic N) is 4. The molecule has 3 rings (SSSR count). The van der Waals surface area contributed by atoms with E-state index in [0.717, 1.165) is 24.3 Å². The van der Waals surface area contributed by atoms with Gasteiger partial charge in [-0.25, -0.2) is 9.78 Å². The highest BCUT2D eigenvalue weighted by Crippen LogP contribution is 2.24. The van der Waals surface area contributed by atoms with Crippen LogP contribution in [0, 0.1) is 0 Å². The third-order valence-corrected chi connectivity index (χ3v) is 6.61. The number of aliphatic carboxylic acids is 1. The van der Waals surface area contributed by atoms with Crippen molar-refractivity contribution >= 4 is 29.6 Å². The third kappa shape index (κ3) is 7.92. The summed E-state index contributed by atoms with van der Waals surface area (Å²) in [5, 5.41) is 12.0. The van der Waals surface area contributed by atoms with Crippen molar-refractivity contribution in [2.75, 3.05) is 50.8 Å². The number of carbonyl (C=O) groups is 4. The van der Waals surface area contributed by atoms with Crippen molar-refractivity contribution in [2.45, 2.75) is 39.7 Å². The molecule has 1 atom stereocenters. The number of rotatable bonds is 11. The standard InChI is InChI=1S/C28H37N5O6/c1-4-31(5-2)21-18-23(20-10-8-7-9-11-20)29-24(19-21)26(36)30-22(12-13-25(34)35)27(37)32-14-16-33(17-15-32)28(38)39-6-3/h7-11,18-19,22H,4-6,12-17H2,1-3H3,(H,30,36)(H,34,35)/t22-/m0/s1. The largest absolute Gasteiger partial charge is 0.481 e. The summed E-state index contributed by atoms with van der Waals surface area (Å²) in [6.07, 6.45) is -0.797. The molecule has 1 aromatic carbocycles. The summed E-state index contributed by atoms with van der Waals surface area (Å²) < 4.78 is 5.03. The van der Waals surface area contributed by atoms with Crippen LogP contribution in [-0.2, 0) is 14.3 Å². The molecule has 0 bridgehead atoms. The van der Waals surface area contributed by atoms with Crippen LogP contribution in [0.2, 0.25) is 0 Å². The highest BCUT2D eigenvalue weighted by Gasteiger charge is 2.31. The smallest absolute Gasteiger partial charge is 0.409 e. The number of anilines is 1. The average Bonchev–Trinajstić information content (AvgIpc) is 2.96. The van der Waals surface area contributed by atoms with Gasteiger partial charge in [-0.05, 0) is 39.3 Å². The zero-order valence-electron chi connectivity index (χ0n) is 22.8. The van der Waals surface area contributed by atoms with E-state index in [1.807, 2.05) is 50.2 Å². The summed E-state index contributed by atoms with van der Waals surface area (Å²) in [6.45, 7) is 8.58. The van der Waals surface area contributed by atoms with Gasteiger partial charge in [-0.15, -0.1) is 0 Å². The Bertz CT molecular complexity index is 1150. The first kappa shape index (κ1) is 29.4. The Labute approximate surface area is 228 Å². The van der Waals surface area contributed by atoms with Crippen molar-refractivity contribution in [1.82, 2.24) is 20.1 Å².